The number of methoxy groups -OCH3 is 1. The normalized spacial score (nSPS) is 17.8. The Kier molecular flexibility index (Phi) is 3.41. The molecule has 0 saturated carbocycles. The van der Waals surface area contributed by atoms with Gasteiger partial charge < -0.3 is 15.8 Å². The fourth-order valence-electron chi connectivity index (χ4n) is 2.60. The summed E-state index contributed by atoms with van der Waals surface area (Å²) in [4.78, 5) is 8.38. The molecule has 1 aromatic carbocycles. The van der Waals surface area contributed by atoms with E-state index in [2.05, 4.69) is 33.5 Å². The third-order valence-electron chi connectivity index (χ3n) is 3.59. The SMILES string of the molecule is COc1cc(C2CCCc3ccccc3N2)nc(N)n1. The highest BCUT2D eigenvalue weighted by atomic mass is 16.5. The second-order valence-corrected chi connectivity index (χ2v) is 4.94. The van der Waals surface area contributed by atoms with Gasteiger partial charge in [-0.1, -0.05) is 18.2 Å². The molecule has 0 fully saturated rings. The maximum Gasteiger partial charge on any atom is 0.223 e. The molecule has 1 aliphatic rings. The van der Waals surface area contributed by atoms with Crippen LogP contribution in [0.1, 0.15) is 30.1 Å². The number of para-hydroxylation sites is 1. The Morgan fingerprint density at radius 1 is 1.30 bits per heavy atom. The lowest BCUT2D eigenvalue weighted by Gasteiger charge is -2.18. The van der Waals surface area contributed by atoms with Crippen LogP contribution >= 0.6 is 0 Å². The first-order chi connectivity index (χ1) is 9.76. The van der Waals surface area contributed by atoms with E-state index in [0.717, 1.165) is 25.0 Å². The van der Waals surface area contributed by atoms with Crippen molar-refractivity contribution in [3.63, 3.8) is 0 Å². The number of rotatable bonds is 2. The smallest absolute Gasteiger partial charge is 0.223 e. The minimum atomic E-state index is 0.137. The molecule has 0 amide bonds. The highest BCUT2D eigenvalue weighted by molar-refractivity contribution is 5.53. The second kappa shape index (κ2) is 5.36. The van der Waals surface area contributed by atoms with E-state index in [1.807, 2.05) is 12.1 Å². The maximum atomic E-state index is 5.75. The molecule has 0 aliphatic carbocycles. The Morgan fingerprint density at radius 3 is 3.00 bits per heavy atom. The summed E-state index contributed by atoms with van der Waals surface area (Å²) in [6.07, 6.45) is 3.20. The van der Waals surface area contributed by atoms with Crippen LogP contribution in [0.5, 0.6) is 5.88 Å². The Bertz CT molecular complexity index is 615. The van der Waals surface area contributed by atoms with Crippen molar-refractivity contribution in [3.05, 3.63) is 41.6 Å². The molecule has 0 saturated heterocycles. The van der Waals surface area contributed by atoms with Gasteiger partial charge >= 0.3 is 0 Å². The number of aromatic nitrogens is 2. The van der Waals surface area contributed by atoms with Gasteiger partial charge in [0.2, 0.25) is 11.8 Å². The summed E-state index contributed by atoms with van der Waals surface area (Å²) in [7, 11) is 1.58. The van der Waals surface area contributed by atoms with Gasteiger partial charge in [-0.2, -0.15) is 4.98 Å². The zero-order valence-electron chi connectivity index (χ0n) is 11.5. The van der Waals surface area contributed by atoms with Crippen molar-refractivity contribution < 1.29 is 4.74 Å². The third kappa shape index (κ3) is 2.52. The number of nitrogen functional groups attached to an aromatic ring is 1. The largest absolute Gasteiger partial charge is 0.481 e. The molecule has 5 nitrogen and oxygen atoms in total. The predicted octanol–water partition coefficient (Wildman–Crippen LogP) is 2.56. The molecule has 1 aromatic heterocycles. The van der Waals surface area contributed by atoms with Gasteiger partial charge in [0.15, 0.2) is 0 Å². The van der Waals surface area contributed by atoms with Crippen LogP contribution in [0.3, 0.4) is 0 Å². The Hall–Kier alpha value is -2.30. The quantitative estimate of drug-likeness (QED) is 0.877. The van der Waals surface area contributed by atoms with Crippen molar-refractivity contribution in [2.75, 3.05) is 18.2 Å². The first kappa shape index (κ1) is 12.7. The molecule has 0 spiro atoms. The van der Waals surface area contributed by atoms with Crippen LogP contribution in [0.2, 0.25) is 0 Å². The van der Waals surface area contributed by atoms with Gasteiger partial charge in [0.05, 0.1) is 18.8 Å². The van der Waals surface area contributed by atoms with Gasteiger partial charge in [-0.15, -0.1) is 0 Å². The summed E-state index contributed by atoms with van der Waals surface area (Å²) >= 11 is 0. The monoisotopic (exact) mass is 270 g/mol. The van der Waals surface area contributed by atoms with E-state index in [1.165, 1.54) is 11.3 Å². The van der Waals surface area contributed by atoms with E-state index < -0.39 is 0 Å². The Labute approximate surface area is 118 Å². The first-order valence-corrected chi connectivity index (χ1v) is 6.79. The molecule has 3 rings (SSSR count). The van der Waals surface area contributed by atoms with Crippen LogP contribution in [0.4, 0.5) is 11.6 Å². The van der Waals surface area contributed by atoms with Gasteiger partial charge in [-0.25, -0.2) is 4.98 Å². The van der Waals surface area contributed by atoms with E-state index >= 15 is 0 Å². The van der Waals surface area contributed by atoms with Crippen molar-refractivity contribution in [1.82, 2.24) is 9.97 Å². The standard InChI is InChI=1S/C15H18N4O/c1-20-14-9-13(18-15(16)19-14)12-8-4-6-10-5-2-3-7-11(10)17-12/h2-3,5,7,9,12,17H,4,6,8H2,1H3,(H2,16,18,19). The number of hydrogen-bond acceptors (Lipinski definition) is 5. The highest BCUT2D eigenvalue weighted by Gasteiger charge is 2.19. The van der Waals surface area contributed by atoms with E-state index in [-0.39, 0.29) is 12.0 Å². The molecular formula is C15H18N4O. The third-order valence-corrected chi connectivity index (χ3v) is 3.59. The average Bonchev–Trinajstić information content (AvgIpc) is 2.68. The number of hydrogen-bond donors (Lipinski definition) is 2. The minimum absolute atomic E-state index is 0.137. The zero-order chi connectivity index (χ0) is 13.9. The van der Waals surface area contributed by atoms with Gasteiger partial charge in [0, 0.05) is 11.8 Å². The molecule has 0 radical (unpaired) electrons. The van der Waals surface area contributed by atoms with Crippen LogP contribution in [0, 0.1) is 0 Å². The molecule has 2 heterocycles. The zero-order valence-corrected chi connectivity index (χ0v) is 11.5. The van der Waals surface area contributed by atoms with Crippen LogP contribution in [0.25, 0.3) is 0 Å². The Morgan fingerprint density at radius 2 is 2.15 bits per heavy atom. The van der Waals surface area contributed by atoms with Crippen molar-refractivity contribution in [1.29, 1.82) is 0 Å². The lowest BCUT2D eigenvalue weighted by molar-refractivity contribution is 0.396. The summed E-state index contributed by atoms with van der Waals surface area (Å²) in [6, 6.07) is 10.4. The first-order valence-electron chi connectivity index (χ1n) is 6.79. The molecule has 20 heavy (non-hydrogen) atoms. The number of benzene rings is 1. The van der Waals surface area contributed by atoms with Gasteiger partial charge in [-0.3, -0.25) is 0 Å². The molecule has 104 valence electrons. The topological polar surface area (TPSA) is 73.1 Å². The number of aryl methyl sites for hydroxylation is 1. The summed E-state index contributed by atoms with van der Waals surface area (Å²) in [5.41, 5.74) is 9.15. The van der Waals surface area contributed by atoms with Gasteiger partial charge in [0.1, 0.15) is 0 Å². The lowest BCUT2D eigenvalue weighted by Crippen LogP contribution is -2.13. The second-order valence-electron chi connectivity index (χ2n) is 4.94. The van der Waals surface area contributed by atoms with E-state index in [0.29, 0.717) is 5.88 Å². The number of fused-ring (bicyclic) bond motifs is 1. The summed E-state index contributed by atoms with van der Waals surface area (Å²) in [5.74, 6) is 0.755. The number of nitrogens with two attached hydrogens (primary N) is 1. The van der Waals surface area contributed by atoms with Crippen molar-refractivity contribution in [3.8, 4) is 5.88 Å². The minimum Gasteiger partial charge on any atom is -0.481 e. The number of nitrogens with zero attached hydrogens (tertiary/aromatic N) is 2. The molecule has 2 aromatic rings. The van der Waals surface area contributed by atoms with E-state index in [4.69, 9.17) is 10.5 Å². The molecule has 1 atom stereocenters. The molecule has 0 bridgehead atoms. The molecule has 1 unspecified atom stereocenters. The lowest BCUT2D eigenvalue weighted by atomic mass is 10.1. The van der Waals surface area contributed by atoms with Crippen LogP contribution < -0.4 is 15.8 Å². The van der Waals surface area contributed by atoms with Crippen molar-refractivity contribution in [2.24, 2.45) is 0 Å². The van der Waals surface area contributed by atoms with Gasteiger partial charge in [-0.05, 0) is 30.9 Å². The average molecular weight is 270 g/mol. The van der Waals surface area contributed by atoms with Gasteiger partial charge in [0.25, 0.3) is 0 Å². The highest BCUT2D eigenvalue weighted by Crippen LogP contribution is 2.31. The molecular weight excluding hydrogens is 252 g/mol. The number of anilines is 2. The maximum absolute atomic E-state index is 5.75. The van der Waals surface area contributed by atoms with E-state index in [9.17, 15) is 0 Å². The Balaban J connectivity index is 1.93. The molecule has 3 N–H and O–H groups in total. The molecule has 5 heteroatoms. The number of ether oxygens (including phenoxy) is 1. The molecule has 1 aliphatic heterocycles. The van der Waals surface area contributed by atoms with E-state index in [1.54, 1.807) is 7.11 Å². The van der Waals surface area contributed by atoms with Crippen LogP contribution in [-0.2, 0) is 6.42 Å². The van der Waals surface area contributed by atoms with Crippen molar-refractivity contribution in [2.45, 2.75) is 25.3 Å². The summed E-state index contributed by atoms with van der Waals surface area (Å²) in [6.45, 7) is 0. The fraction of sp³-hybridized carbons (Fsp3) is 0.333. The van der Waals surface area contributed by atoms with Crippen molar-refractivity contribution >= 4 is 11.6 Å². The fourth-order valence-corrected chi connectivity index (χ4v) is 2.60. The number of nitrogens with one attached hydrogen (secondary N) is 1. The predicted molar refractivity (Wildman–Crippen MR) is 78.7 cm³/mol. The van der Waals surface area contributed by atoms with Crippen LogP contribution in [0.15, 0.2) is 30.3 Å². The van der Waals surface area contributed by atoms with Crippen LogP contribution in [-0.4, -0.2) is 17.1 Å². The summed E-state index contributed by atoms with van der Waals surface area (Å²) < 4.78 is 5.17. The summed E-state index contributed by atoms with van der Waals surface area (Å²) in [5, 5.41) is 3.55.